The van der Waals surface area contributed by atoms with Crippen LogP contribution >= 0.6 is 0 Å². The van der Waals surface area contributed by atoms with Gasteiger partial charge in [-0.15, -0.1) is 0 Å². The average Bonchev–Trinajstić information content (AvgIpc) is 2.11. The molecule has 0 heterocycles. The molecular formula is C12H24O10. The number of ether oxygens (including phenoxy) is 2. The van der Waals surface area contributed by atoms with Gasteiger partial charge in [0.15, 0.2) is 0 Å². The lowest BCUT2D eigenvalue weighted by molar-refractivity contribution is -0.139. The van der Waals surface area contributed by atoms with Gasteiger partial charge in [-0.1, -0.05) is 0 Å². The molecule has 0 bridgehead atoms. The molecule has 132 valence electrons. The van der Waals surface area contributed by atoms with Gasteiger partial charge in [0, 0.05) is 0 Å². The summed E-state index contributed by atoms with van der Waals surface area (Å²) in [5.74, 6) is 0. The fourth-order valence-electron chi connectivity index (χ4n) is 0.289. The van der Waals surface area contributed by atoms with E-state index in [4.69, 9.17) is 30.0 Å². The van der Waals surface area contributed by atoms with E-state index in [9.17, 15) is 9.59 Å². The Morgan fingerprint density at radius 3 is 0.818 bits per heavy atom. The second-order valence-electron chi connectivity index (χ2n) is 5.22. The summed E-state index contributed by atoms with van der Waals surface area (Å²) in [7, 11) is 0. The Morgan fingerprint density at radius 2 is 0.818 bits per heavy atom. The van der Waals surface area contributed by atoms with Crippen LogP contribution in [0.3, 0.4) is 0 Å². The molecule has 0 atom stereocenters. The standard InChI is InChI=1S/2C5H10O2.2CH2O3/c2*1-5(2,3)7-4-6;2*2-1(3)4/h2*4H,1-3H3;2*(H2,2,3,4). The van der Waals surface area contributed by atoms with E-state index in [2.05, 4.69) is 9.47 Å². The zero-order valence-electron chi connectivity index (χ0n) is 13.4. The predicted octanol–water partition coefficient (Wildman–Crippen LogP) is 2.36. The Morgan fingerprint density at radius 1 is 0.682 bits per heavy atom. The third-order valence-electron chi connectivity index (χ3n) is 0.803. The van der Waals surface area contributed by atoms with Gasteiger partial charge >= 0.3 is 12.3 Å². The lowest BCUT2D eigenvalue weighted by atomic mass is 10.2. The van der Waals surface area contributed by atoms with Crippen LogP contribution in [0.1, 0.15) is 41.5 Å². The first kappa shape index (κ1) is 27.8. The summed E-state index contributed by atoms with van der Waals surface area (Å²) in [5, 5.41) is 27.9. The lowest BCUT2D eigenvalue weighted by Crippen LogP contribution is -2.17. The number of hydrogen-bond acceptors (Lipinski definition) is 6. The zero-order chi connectivity index (χ0) is 19.0. The van der Waals surface area contributed by atoms with E-state index in [1.807, 2.05) is 41.5 Å². The van der Waals surface area contributed by atoms with Gasteiger partial charge in [-0.2, -0.15) is 0 Å². The molecule has 0 aromatic rings. The maximum Gasteiger partial charge on any atom is 0.503 e. The molecular weight excluding hydrogens is 304 g/mol. The van der Waals surface area contributed by atoms with Crippen LogP contribution in [0.25, 0.3) is 0 Å². The van der Waals surface area contributed by atoms with E-state index in [1.165, 1.54) is 0 Å². The van der Waals surface area contributed by atoms with Gasteiger partial charge in [0.25, 0.3) is 12.9 Å². The minimum absolute atomic E-state index is 0.318. The molecule has 0 aromatic carbocycles. The number of carbonyl (C=O) groups is 4. The van der Waals surface area contributed by atoms with E-state index >= 15 is 0 Å². The van der Waals surface area contributed by atoms with Crippen LogP contribution in [-0.4, -0.2) is 56.9 Å². The second kappa shape index (κ2) is 14.9. The highest BCUT2D eigenvalue weighted by Crippen LogP contribution is 2.03. The summed E-state index contributed by atoms with van der Waals surface area (Å²) in [4.78, 5) is 36.3. The summed E-state index contributed by atoms with van der Waals surface area (Å²) in [6, 6.07) is 0. The van der Waals surface area contributed by atoms with E-state index in [-0.39, 0.29) is 11.2 Å². The summed E-state index contributed by atoms with van der Waals surface area (Å²) in [6.07, 6.45) is -3.67. The van der Waals surface area contributed by atoms with Gasteiger partial charge in [0.1, 0.15) is 11.2 Å². The fraction of sp³-hybridized carbons (Fsp3) is 0.667. The normalized spacial score (nSPS) is 9.00. The van der Waals surface area contributed by atoms with Crippen molar-refractivity contribution in [1.29, 1.82) is 0 Å². The van der Waals surface area contributed by atoms with Crippen molar-refractivity contribution in [2.24, 2.45) is 0 Å². The van der Waals surface area contributed by atoms with Gasteiger partial charge in [-0.05, 0) is 41.5 Å². The maximum atomic E-state index is 9.60. The summed E-state index contributed by atoms with van der Waals surface area (Å²) in [6.45, 7) is 11.8. The SMILES string of the molecule is CC(C)(C)OC=O.CC(C)(C)OC=O.O=C(O)O.O=C(O)O. The van der Waals surface area contributed by atoms with E-state index in [0.29, 0.717) is 12.9 Å². The highest BCUT2D eigenvalue weighted by atomic mass is 16.6. The molecule has 0 saturated heterocycles. The molecule has 0 aliphatic heterocycles. The first-order chi connectivity index (χ1) is 9.59. The maximum absolute atomic E-state index is 9.60. The molecule has 22 heavy (non-hydrogen) atoms. The predicted molar refractivity (Wildman–Crippen MR) is 75.1 cm³/mol. The Kier molecular flexibility index (Phi) is 18.8. The molecule has 0 rings (SSSR count). The second-order valence-corrected chi connectivity index (χ2v) is 5.22. The van der Waals surface area contributed by atoms with Crippen LogP contribution in [-0.2, 0) is 19.1 Å². The Hall–Kier alpha value is -2.52. The van der Waals surface area contributed by atoms with Crippen LogP contribution in [0.2, 0.25) is 0 Å². The van der Waals surface area contributed by atoms with Crippen LogP contribution in [0, 0.1) is 0 Å². The Labute approximate surface area is 128 Å². The molecule has 0 unspecified atom stereocenters. The van der Waals surface area contributed by atoms with Crippen molar-refractivity contribution in [3.63, 3.8) is 0 Å². The third-order valence-corrected chi connectivity index (χ3v) is 0.803. The molecule has 0 amide bonds. The topological polar surface area (TPSA) is 168 Å². The van der Waals surface area contributed by atoms with Crippen molar-refractivity contribution in [3.8, 4) is 0 Å². The number of hydrogen-bond donors (Lipinski definition) is 4. The number of carboxylic acid groups (broad SMARTS) is 4. The van der Waals surface area contributed by atoms with Crippen molar-refractivity contribution < 1.29 is 49.1 Å². The Balaban J connectivity index is -0.000000102. The van der Waals surface area contributed by atoms with Gasteiger partial charge in [0.2, 0.25) is 0 Å². The molecule has 10 heteroatoms. The lowest BCUT2D eigenvalue weighted by Gasteiger charge is -2.14. The van der Waals surface area contributed by atoms with E-state index in [1.54, 1.807) is 0 Å². The molecule has 0 spiro atoms. The van der Waals surface area contributed by atoms with Crippen molar-refractivity contribution in [3.05, 3.63) is 0 Å². The van der Waals surface area contributed by atoms with Crippen molar-refractivity contribution in [2.45, 2.75) is 52.7 Å². The van der Waals surface area contributed by atoms with Crippen molar-refractivity contribution in [1.82, 2.24) is 0 Å². The highest BCUT2D eigenvalue weighted by molar-refractivity contribution is 5.53. The van der Waals surface area contributed by atoms with Crippen LogP contribution in [0.5, 0.6) is 0 Å². The van der Waals surface area contributed by atoms with Crippen molar-refractivity contribution >= 4 is 25.3 Å². The Bertz CT molecular complexity index is 271. The minimum Gasteiger partial charge on any atom is -0.462 e. The highest BCUT2D eigenvalue weighted by Gasteiger charge is 2.08. The molecule has 0 aromatic heterocycles. The van der Waals surface area contributed by atoms with Crippen LogP contribution in [0.15, 0.2) is 0 Å². The van der Waals surface area contributed by atoms with Crippen LogP contribution < -0.4 is 0 Å². The first-order valence-electron chi connectivity index (χ1n) is 5.65. The third kappa shape index (κ3) is 158. The number of rotatable bonds is 2. The smallest absolute Gasteiger partial charge is 0.462 e. The summed E-state index contributed by atoms with van der Waals surface area (Å²) < 4.78 is 9.10. The minimum atomic E-state index is -1.83. The number of carbonyl (C=O) groups excluding carboxylic acids is 2. The monoisotopic (exact) mass is 328 g/mol. The summed E-state index contributed by atoms with van der Waals surface area (Å²) in [5.41, 5.74) is -0.635. The van der Waals surface area contributed by atoms with Crippen LogP contribution in [0.4, 0.5) is 9.59 Å². The molecule has 0 aliphatic carbocycles. The first-order valence-corrected chi connectivity index (χ1v) is 5.65. The molecule has 0 radical (unpaired) electrons. The van der Waals surface area contributed by atoms with Gasteiger partial charge in [0.05, 0.1) is 0 Å². The average molecular weight is 328 g/mol. The molecule has 0 fully saturated rings. The largest absolute Gasteiger partial charge is 0.503 e. The van der Waals surface area contributed by atoms with Gasteiger partial charge in [-0.25, -0.2) is 9.59 Å². The molecule has 0 saturated carbocycles. The van der Waals surface area contributed by atoms with E-state index < -0.39 is 12.3 Å². The zero-order valence-corrected chi connectivity index (χ0v) is 13.4. The van der Waals surface area contributed by atoms with Crippen molar-refractivity contribution in [2.75, 3.05) is 0 Å². The van der Waals surface area contributed by atoms with E-state index in [0.717, 1.165) is 0 Å². The quantitative estimate of drug-likeness (QED) is 0.552. The summed E-state index contributed by atoms with van der Waals surface area (Å²) >= 11 is 0. The molecule has 4 N–H and O–H groups in total. The molecule has 0 aliphatic rings. The van der Waals surface area contributed by atoms with Gasteiger partial charge in [-0.3, -0.25) is 9.59 Å². The molecule has 10 nitrogen and oxygen atoms in total. The van der Waals surface area contributed by atoms with Gasteiger partial charge < -0.3 is 29.9 Å². The fourth-order valence-corrected chi connectivity index (χ4v) is 0.289.